The molecule has 0 aliphatic carbocycles. The van der Waals surface area contributed by atoms with Gasteiger partial charge in [0.05, 0.1) is 0 Å². The fourth-order valence-electron chi connectivity index (χ4n) is 2.18. The largest absolute Gasteiger partial charge is 0.409 e. The molecular formula is C13H18FN3OS. The highest BCUT2D eigenvalue weighted by Gasteiger charge is 2.19. The number of halogens is 1. The molecule has 2 rings (SSSR count). The molecular weight excluding hydrogens is 265 g/mol. The average Bonchev–Trinajstić information content (AvgIpc) is 2.40. The van der Waals surface area contributed by atoms with Gasteiger partial charge in [0, 0.05) is 36.2 Å². The molecule has 0 spiro atoms. The van der Waals surface area contributed by atoms with Crippen LogP contribution in [0.2, 0.25) is 0 Å². The predicted octanol–water partition coefficient (Wildman–Crippen LogP) is 1.86. The van der Waals surface area contributed by atoms with E-state index < -0.39 is 0 Å². The van der Waals surface area contributed by atoms with E-state index >= 15 is 0 Å². The van der Waals surface area contributed by atoms with E-state index in [1.165, 1.54) is 12.1 Å². The molecule has 0 radical (unpaired) electrons. The van der Waals surface area contributed by atoms with Gasteiger partial charge in [-0.05, 0) is 30.7 Å². The van der Waals surface area contributed by atoms with Gasteiger partial charge in [-0.3, -0.25) is 4.90 Å². The monoisotopic (exact) mass is 283 g/mol. The summed E-state index contributed by atoms with van der Waals surface area (Å²) in [5, 5.41) is 11.6. The number of thioether (sulfide) groups is 1. The minimum Gasteiger partial charge on any atom is -0.409 e. The molecule has 4 nitrogen and oxygen atoms in total. The minimum absolute atomic E-state index is 0.0667. The molecule has 1 fully saturated rings. The third-order valence-electron chi connectivity index (χ3n) is 3.25. The summed E-state index contributed by atoms with van der Waals surface area (Å²) in [6.45, 7) is 3.86. The van der Waals surface area contributed by atoms with Crippen LogP contribution in [0.4, 0.5) is 4.39 Å². The maximum Gasteiger partial charge on any atom is 0.170 e. The first-order chi connectivity index (χ1) is 9.10. The molecule has 1 aliphatic heterocycles. The SMILES string of the molecule is CC1CSCCN1Cc1cc(F)cc(/C(N)=N/O)c1. The lowest BCUT2D eigenvalue weighted by Gasteiger charge is -2.33. The van der Waals surface area contributed by atoms with E-state index in [0.717, 1.165) is 23.6 Å². The molecule has 1 atom stereocenters. The van der Waals surface area contributed by atoms with Crippen molar-refractivity contribution < 1.29 is 9.60 Å². The highest BCUT2D eigenvalue weighted by molar-refractivity contribution is 7.99. The van der Waals surface area contributed by atoms with Crippen molar-refractivity contribution >= 4 is 17.6 Å². The highest BCUT2D eigenvalue weighted by atomic mass is 32.2. The van der Waals surface area contributed by atoms with Gasteiger partial charge in [-0.25, -0.2) is 4.39 Å². The standard InChI is InChI=1S/C13H18FN3OS/c1-9-8-19-3-2-17(9)7-10-4-11(13(15)16-18)6-12(14)5-10/h4-6,9,18H,2-3,7-8H2,1H3,(H2,15,16). The van der Waals surface area contributed by atoms with Crippen LogP contribution in [-0.4, -0.2) is 40.0 Å². The summed E-state index contributed by atoms with van der Waals surface area (Å²) in [4.78, 5) is 2.32. The molecule has 1 unspecified atom stereocenters. The zero-order valence-corrected chi connectivity index (χ0v) is 11.7. The Kier molecular flexibility index (Phi) is 4.66. The van der Waals surface area contributed by atoms with Crippen molar-refractivity contribution in [1.82, 2.24) is 4.90 Å². The molecule has 6 heteroatoms. The average molecular weight is 283 g/mol. The van der Waals surface area contributed by atoms with Crippen LogP contribution in [0.1, 0.15) is 18.1 Å². The van der Waals surface area contributed by atoms with Crippen LogP contribution < -0.4 is 5.73 Å². The molecule has 1 aromatic carbocycles. The minimum atomic E-state index is -0.363. The van der Waals surface area contributed by atoms with Crippen molar-refractivity contribution in [2.24, 2.45) is 10.9 Å². The molecule has 3 N–H and O–H groups in total. The Morgan fingerprint density at radius 3 is 3.05 bits per heavy atom. The number of rotatable bonds is 3. The van der Waals surface area contributed by atoms with Crippen LogP contribution >= 0.6 is 11.8 Å². The molecule has 0 aromatic heterocycles. The quantitative estimate of drug-likeness (QED) is 0.385. The van der Waals surface area contributed by atoms with Gasteiger partial charge in [-0.1, -0.05) is 5.16 Å². The van der Waals surface area contributed by atoms with Gasteiger partial charge in [0.15, 0.2) is 5.84 Å². The number of nitrogens with two attached hydrogens (primary N) is 1. The zero-order valence-electron chi connectivity index (χ0n) is 10.8. The normalized spacial score (nSPS) is 21.6. The highest BCUT2D eigenvalue weighted by Crippen LogP contribution is 2.19. The molecule has 0 amide bonds. The summed E-state index contributed by atoms with van der Waals surface area (Å²) in [5.74, 6) is 1.77. The van der Waals surface area contributed by atoms with E-state index in [9.17, 15) is 4.39 Å². The van der Waals surface area contributed by atoms with Gasteiger partial charge in [0.2, 0.25) is 0 Å². The van der Waals surface area contributed by atoms with E-state index in [0.29, 0.717) is 18.2 Å². The fourth-order valence-corrected chi connectivity index (χ4v) is 3.26. The Labute approximate surface area is 116 Å². The second-order valence-corrected chi connectivity index (χ2v) is 5.88. The van der Waals surface area contributed by atoms with E-state index in [1.807, 2.05) is 11.8 Å². The zero-order chi connectivity index (χ0) is 13.8. The van der Waals surface area contributed by atoms with Gasteiger partial charge in [-0.2, -0.15) is 11.8 Å². The Bertz CT molecular complexity index is 481. The van der Waals surface area contributed by atoms with Gasteiger partial charge in [-0.15, -0.1) is 0 Å². The topological polar surface area (TPSA) is 61.8 Å². The molecule has 1 saturated heterocycles. The number of benzene rings is 1. The van der Waals surface area contributed by atoms with Crippen LogP contribution in [-0.2, 0) is 6.54 Å². The van der Waals surface area contributed by atoms with Crippen LogP contribution in [0.15, 0.2) is 23.4 Å². The number of hydrogen-bond donors (Lipinski definition) is 2. The van der Waals surface area contributed by atoms with Crippen molar-refractivity contribution in [3.05, 3.63) is 35.1 Å². The first-order valence-corrected chi connectivity index (χ1v) is 7.35. The molecule has 104 valence electrons. The third kappa shape index (κ3) is 3.61. The number of hydrogen-bond acceptors (Lipinski definition) is 4. The van der Waals surface area contributed by atoms with Gasteiger partial charge in [0.25, 0.3) is 0 Å². The van der Waals surface area contributed by atoms with Gasteiger partial charge < -0.3 is 10.9 Å². The second kappa shape index (κ2) is 6.25. The van der Waals surface area contributed by atoms with Crippen molar-refractivity contribution in [2.45, 2.75) is 19.5 Å². The van der Waals surface area contributed by atoms with Crippen molar-refractivity contribution in [1.29, 1.82) is 0 Å². The third-order valence-corrected chi connectivity index (χ3v) is 4.44. The first-order valence-electron chi connectivity index (χ1n) is 6.19. The fraction of sp³-hybridized carbons (Fsp3) is 0.462. The molecule has 1 heterocycles. The van der Waals surface area contributed by atoms with E-state index in [1.54, 1.807) is 6.07 Å². The molecule has 1 aromatic rings. The van der Waals surface area contributed by atoms with E-state index in [-0.39, 0.29) is 11.7 Å². The Balaban J connectivity index is 2.17. The number of nitrogens with zero attached hydrogens (tertiary/aromatic N) is 2. The smallest absolute Gasteiger partial charge is 0.170 e. The Morgan fingerprint density at radius 1 is 1.58 bits per heavy atom. The van der Waals surface area contributed by atoms with Crippen LogP contribution in [0, 0.1) is 5.82 Å². The summed E-state index contributed by atoms with van der Waals surface area (Å²) in [7, 11) is 0. The van der Waals surface area contributed by atoms with Crippen LogP contribution in [0.5, 0.6) is 0 Å². The second-order valence-electron chi connectivity index (χ2n) is 4.73. The summed E-state index contributed by atoms with van der Waals surface area (Å²) >= 11 is 1.94. The molecule has 0 bridgehead atoms. The predicted molar refractivity (Wildman–Crippen MR) is 76.1 cm³/mol. The first kappa shape index (κ1) is 14.1. The summed E-state index contributed by atoms with van der Waals surface area (Å²) in [5.41, 5.74) is 6.77. The maximum absolute atomic E-state index is 13.6. The summed E-state index contributed by atoms with van der Waals surface area (Å²) in [6.07, 6.45) is 0. The van der Waals surface area contributed by atoms with Crippen LogP contribution in [0.3, 0.4) is 0 Å². The summed E-state index contributed by atoms with van der Waals surface area (Å²) in [6, 6.07) is 5.03. The van der Waals surface area contributed by atoms with Gasteiger partial charge in [0.1, 0.15) is 5.82 Å². The number of oxime groups is 1. The molecule has 1 aliphatic rings. The maximum atomic E-state index is 13.6. The van der Waals surface area contributed by atoms with Crippen LogP contribution in [0.25, 0.3) is 0 Å². The van der Waals surface area contributed by atoms with Crippen molar-refractivity contribution in [3.8, 4) is 0 Å². The van der Waals surface area contributed by atoms with E-state index in [2.05, 4.69) is 17.0 Å². The summed E-state index contributed by atoms with van der Waals surface area (Å²) < 4.78 is 13.6. The van der Waals surface area contributed by atoms with E-state index in [4.69, 9.17) is 10.9 Å². The van der Waals surface area contributed by atoms with Gasteiger partial charge >= 0.3 is 0 Å². The van der Waals surface area contributed by atoms with Crippen molar-refractivity contribution in [3.63, 3.8) is 0 Å². The van der Waals surface area contributed by atoms with Crippen molar-refractivity contribution in [2.75, 3.05) is 18.1 Å². The molecule has 19 heavy (non-hydrogen) atoms. The Morgan fingerprint density at radius 2 is 2.37 bits per heavy atom. The number of amidine groups is 1. The lowest BCUT2D eigenvalue weighted by Crippen LogP contribution is -2.39. The molecule has 0 saturated carbocycles. The lowest BCUT2D eigenvalue weighted by molar-refractivity contribution is 0.223. The lowest BCUT2D eigenvalue weighted by atomic mass is 10.1. The Hall–Kier alpha value is -1.27.